The van der Waals surface area contributed by atoms with Crippen molar-refractivity contribution in [3.63, 3.8) is 0 Å². The second-order valence-corrected chi connectivity index (χ2v) is 20.9. The highest BCUT2D eigenvalue weighted by molar-refractivity contribution is 6.91. The summed E-state index contributed by atoms with van der Waals surface area (Å²) in [6.07, 6.45) is -0.837. The zero-order chi connectivity index (χ0) is 42.3. The Morgan fingerprint density at radius 3 is 2.37 bits per heavy atom. The Bertz CT molecular complexity index is 2650. The molecule has 2 aliphatic heterocycles. The van der Waals surface area contributed by atoms with Crippen molar-refractivity contribution in [2.24, 2.45) is 5.92 Å². The van der Waals surface area contributed by atoms with Crippen LogP contribution in [0.4, 0.5) is 11.4 Å². The summed E-state index contributed by atoms with van der Waals surface area (Å²) >= 11 is 0. The van der Waals surface area contributed by atoms with Gasteiger partial charge in [-0.1, -0.05) is 91.9 Å². The fourth-order valence-corrected chi connectivity index (χ4v) is 13.5. The van der Waals surface area contributed by atoms with Gasteiger partial charge in [0.05, 0.1) is 68.1 Å². The maximum absolute atomic E-state index is 15.5. The van der Waals surface area contributed by atoms with E-state index in [2.05, 4.69) is 18.2 Å². The zero-order valence-electron chi connectivity index (χ0n) is 33.9. The van der Waals surface area contributed by atoms with Crippen LogP contribution in [-0.2, 0) is 33.0 Å². The van der Waals surface area contributed by atoms with Crippen LogP contribution in [0, 0.1) is 16.0 Å². The normalized spacial score (nSPS) is 19.9. The SMILES string of the molecule is COc1ccc([Si](C)(C)[C@H]2[C@H](CC(=O)N(CCO)Cc3ccccc3)O[C@@]3(C(=O)N(Cc4cccc(-n5[nH]c6ccccc6c5=O)c4)c4ccc([N+](=O)[O-])cc43)[C@@H]2C)cc1. The summed E-state index contributed by atoms with van der Waals surface area (Å²) < 4.78 is 14.1. The fourth-order valence-electron chi connectivity index (χ4n) is 9.51. The maximum Gasteiger partial charge on any atom is 0.279 e. The molecule has 13 nitrogen and oxygen atoms in total. The van der Waals surface area contributed by atoms with Crippen molar-refractivity contribution in [2.75, 3.05) is 25.2 Å². The fraction of sp³-hybridized carbons (Fsp3) is 0.283. The number of rotatable bonds is 13. The Labute approximate surface area is 347 Å². The molecule has 60 heavy (non-hydrogen) atoms. The minimum Gasteiger partial charge on any atom is -0.497 e. The molecule has 0 aliphatic carbocycles. The molecule has 5 aromatic carbocycles. The number of aromatic nitrogens is 2. The number of aliphatic hydroxyl groups excluding tert-OH is 1. The molecule has 8 rings (SSSR count). The lowest BCUT2D eigenvalue weighted by Gasteiger charge is -2.37. The molecule has 0 unspecified atom stereocenters. The molecule has 2 amide bonds. The van der Waals surface area contributed by atoms with Crippen molar-refractivity contribution < 1.29 is 29.1 Å². The number of amides is 2. The van der Waals surface area contributed by atoms with Gasteiger partial charge in [0.25, 0.3) is 17.2 Å². The molecular formula is C46H47N5O8Si. The largest absolute Gasteiger partial charge is 0.497 e. The predicted molar refractivity (Wildman–Crippen MR) is 231 cm³/mol. The molecule has 2 aliphatic rings. The standard InChI is InChI=1S/C46H47N5O8Si/c1-30-43(60(3,4)36-20-18-35(58-2)19-21-36)41(27-42(53)48(23-24-52)28-31-11-6-5-7-12-31)59-46(30)38-26-34(51(56)57)17-22-40(38)49(45(46)55)29-32-13-10-14-33(25-32)50-44(54)37-15-8-9-16-39(37)47-50/h5-22,25-26,30,41,43,47,52H,23-24,27-29H2,1-4H3/t30-,41+,43-,46+/m1/s1. The van der Waals surface area contributed by atoms with Gasteiger partial charge in [0, 0.05) is 36.7 Å². The third-order valence-corrected chi connectivity index (χ3v) is 16.8. The number of hydrogen-bond acceptors (Lipinski definition) is 8. The Hall–Kier alpha value is -6.35. The van der Waals surface area contributed by atoms with Crippen molar-refractivity contribution in [3.05, 3.63) is 158 Å². The molecule has 14 heteroatoms. The van der Waals surface area contributed by atoms with E-state index in [1.807, 2.05) is 104 Å². The highest BCUT2D eigenvalue weighted by atomic mass is 28.3. The van der Waals surface area contributed by atoms with Crippen molar-refractivity contribution in [2.45, 2.75) is 56.8 Å². The lowest BCUT2D eigenvalue weighted by atomic mass is 9.82. The molecule has 4 atom stereocenters. The number of ether oxygens (including phenoxy) is 2. The number of fused-ring (bicyclic) bond motifs is 3. The number of nitrogens with one attached hydrogen (secondary N) is 1. The summed E-state index contributed by atoms with van der Waals surface area (Å²) in [5.41, 5.74) is 1.38. The van der Waals surface area contributed by atoms with E-state index in [0.717, 1.165) is 16.3 Å². The first-order valence-corrected chi connectivity index (χ1v) is 23.1. The maximum atomic E-state index is 15.5. The number of carbonyl (C=O) groups excluding carboxylic acids is 2. The molecule has 3 heterocycles. The Kier molecular flexibility index (Phi) is 10.8. The molecule has 6 aromatic rings. The number of anilines is 1. The van der Waals surface area contributed by atoms with Gasteiger partial charge in [0.2, 0.25) is 5.91 Å². The van der Waals surface area contributed by atoms with E-state index in [9.17, 15) is 24.8 Å². The number of nitro benzene ring substituents is 1. The molecule has 308 valence electrons. The Morgan fingerprint density at radius 2 is 1.67 bits per heavy atom. The number of nitro groups is 1. The average Bonchev–Trinajstić information content (AvgIpc) is 3.83. The van der Waals surface area contributed by atoms with E-state index in [1.165, 1.54) is 16.8 Å². The molecule has 1 spiro atoms. The number of carbonyl (C=O) groups is 2. The van der Waals surface area contributed by atoms with Gasteiger partial charge in [0.1, 0.15) is 5.75 Å². The minimum absolute atomic E-state index is 0.0744. The number of methoxy groups -OCH3 is 1. The second-order valence-electron chi connectivity index (χ2n) is 16.2. The second kappa shape index (κ2) is 16.0. The van der Waals surface area contributed by atoms with Gasteiger partial charge >= 0.3 is 0 Å². The average molecular weight is 826 g/mol. The van der Waals surface area contributed by atoms with E-state index in [0.29, 0.717) is 33.6 Å². The molecule has 2 N–H and O–H groups in total. The van der Waals surface area contributed by atoms with Crippen LogP contribution in [0.15, 0.2) is 126 Å². The summed E-state index contributed by atoms with van der Waals surface area (Å²) in [4.78, 5) is 58.3. The molecule has 1 aromatic heterocycles. The van der Waals surface area contributed by atoms with Gasteiger partial charge < -0.3 is 24.4 Å². The van der Waals surface area contributed by atoms with Crippen LogP contribution < -0.4 is 20.4 Å². The molecule has 1 saturated heterocycles. The quantitative estimate of drug-likeness (QED) is 0.0768. The van der Waals surface area contributed by atoms with Crippen molar-refractivity contribution in [1.82, 2.24) is 14.7 Å². The molecular weight excluding hydrogens is 779 g/mol. The molecule has 0 radical (unpaired) electrons. The van der Waals surface area contributed by atoms with E-state index >= 15 is 4.79 Å². The van der Waals surface area contributed by atoms with Crippen LogP contribution in [-0.4, -0.2) is 71.0 Å². The van der Waals surface area contributed by atoms with Crippen LogP contribution in [0.2, 0.25) is 18.6 Å². The lowest BCUT2D eigenvalue weighted by Crippen LogP contribution is -2.52. The van der Waals surface area contributed by atoms with Gasteiger partial charge in [0.15, 0.2) is 5.60 Å². The summed E-state index contributed by atoms with van der Waals surface area (Å²) in [6.45, 7) is 6.61. The first-order valence-electron chi connectivity index (χ1n) is 20.0. The van der Waals surface area contributed by atoms with Crippen LogP contribution in [0.3, 0.4) is 0 Å². The Morgan fingerprint density at radius 1 is 0.950 bits per heavy atom. The third-order valence-electron chi connectivity index (χ3n) is 12.4. The first kappa shape index (κ1) is 40.4. The summed E-state index contributed by atoms with van der Waals surface area (Å²) in [5.74, 6) is -0.453. The number of H-pyrrole nitrogens is 1. The number of para-hydroxylation sites is 1. The minimum atomic E-state index is -2.68. The van der Waals surface area contributed by atoms with E-state index in [1.54, 1.807) is 29.0 Å². The monoisotopic (exact) mass is 825 g/mol. The molecule has 0 saturated carbocycles. The highest BCUT2D eigenvalue weighted by Gasteiger charge is 2.66. The van der Waals surface area contributed by atoms with Crippen LogP contribution in [0.5, 0.6) is 5.75 Å². The van der Waals surface area contributed by atoms with Gasteiger partial charge in [-0.05, 0) is 59.1 Å². The zero-order valence-corrected chi connectivity index (χ0v) is 34.9. The topological polar surface area (TPSA) is 160 Å². The number of aromatic amines is 1. The van der Waals surface area contributed by atoms with Crippen molar-refractivity contribution >= 4 is 47.4 Å². The van der Waals surface area contributed by atoms with E-state index < -0.39 is 30.6 Å². The number of benzene rings is 5. The van der Waals surface area contributed by atoms with Crippen LogP contribution in [0.1, 0.15) is 30.0 Å². The Balaban J connectivity index is 1.21. The summed E-state index contributed by atoms with van der Waals surface area (Å²) in [5, 5.41) is 27.2. The number of non-ortho nitro benzene ring substituents is 1. The lowest BCUT2D eigenvalue weighted by molar-refractivity contribution is -0.385. The van der Waals surface area contributed by atoms with Crippen LogP contribution >= 0.6 is 0 Å². The molecule has 0 bridgehead atoms. The summed E-state index contributed by atoms with van der Waals surface area (Å²) in [7, 11) is -1.08. The van der Waals surface area contributed by atoms with Crippen molar-refractivity contribution in [1.29, 1.82) is 0 Å². The van der Waals surface area contributed by atoms with Crippen LogP contribution in [0.25, 0.3) is 16.6 Å². The molecule has 1 fully saturated rings. The first-order chi connectivity index (χ1) is 28.9. The van der Waals surface area contributed by atoms with Gasteiger partial charge in [-0.3, -0.25) is 29.6 Å². The van der Waals surface area contributed by atoms with Gasteiger partial charge in [-0.2, -0.15) is 0 Å². The predicted octanol–water partition coefficient (Wildman–Crippen LogP) is 6.41. The van der Waals surface area contributed by atoms with E-state index in [4.69, 9.17) is 9.47 Å². The highest BCUT2D eigenvalue weighted by Crippen LogP contribution is 2.60. The third kappa shape index (κ3) is 6.99. The number of nitrogens with zero attached hydrogens (tertiary/aromatic N) is 4. The van der Waals surface area contributed by atoms with Crippen molar-refractivity contribution in [3.8, 4) is 11.4 Å². The van der Waals surface area contributed by atoms with E-state index in [-0.39, 0.29) is 61.3 Å². The number of aliphatic hydroxyl groups is 1. The van der Waals surface area contributed by atoms with Gasteiger partial charge in [-0.25, -0.2) is 4.68 Å². The number of hydrogen-bond donors (Lipinski definition) is 2. The smallest absolute Gasteiger partial charge is 0.279 e. The summed E-state index contributed by atoms with van der Waals surface area (Å²) in [6, 6.07) is 36.4. The van der Waals surface area contributed by atoms with Gasteiger partial charge in [-0.15, -0.1) is 0 Å².